The van der Waals surface area contributed by atoms with Crippen molar-refractivity contribution in [3.63, 3.8) is 0 Å². The van der Waals surface area contributed by atoms with E-state index in [9.17, 15) is 4.79 Å². The number of hydrogen-bond acceptors (Lipinski definition) is 3. The maximum absolute atomic E-state index is 12.0. The van der Waals surface area contributed by atoms with Gasteiger partial charge in [0.05, 0.1) is 6.61 Å². The minimum atomic E-state index is -0.431. The molecule has 0 saturated carbocycles. The van der Waals surface area contributed by atoms with Crippen LogP contribution in [0.4, 0.5) is 4.79 Å². The van der Waals surface area contributed by atoms with Crippen LogP contribution >= 0.6 is 22.6 Å². The van der Waals surface area contributed by atoms with Crippen LogP contribution in [0.3, 0.4) is 0 Å². The molecule has 4 nitrogen and oxygen atoms in total. The summed E-state index contributed by atoms with van der Waals surface area (Å²) >= 11 is 2.31. The molecule has 1 heterocycles. The van der Waals surface area contributed by atoms with Gasteiger partial charge >= 0.3 is 6.09 Å². The zero-order valence-electron chi connectivity index (χ0n) is 14.4. The number of rotatable bonds is 3. The largest absolute Gasteiger partial charge is 0.493 e. The molecule has 0 unspecified atom stereocenters. The normalized spacial score (nSPS) is 16.3. The maximum Gasteiger partial charge on any atom is 0.410 e. The Kier molecular flexibility index (Phi) is 6.17. The molecular formula is C18H26INO3. The summed E-state index contributed by atoms with van der Waals surface area (Å²) in [5.74, 6) is 1.45. The number of benzene rings is 1. The fourth-order valence-corrected chi connectivity index (χ4v) is 3.24. The van der Waals surface area contributed by atoms with Gasteiger partial charge in [-0.15, -0.1) is 0 Å². The van der Waals surface area contributed by atoms with E-state index in [1.807, 2.05) is 26.8 Å². The number of carbonyl (C=O) groups is 1. The molecule has 1 aromatic carbocycles. The van der Waals surface area contributed by atoms with Gasteiger partial charge in [-0.2, -0.15) is 0 Å². The quantitative estimate of drug-likeness (QED) is 0.656. The summed E-state index contributed by atoms with van der Waals surface area (Å²) in [5, 5.41) is 0. The van der Waals surface area contributed by atoms with E-state index in [0.717, 1.165) is 31.7 Å². The van der Waals surface area contributed by atoms with Crippen molar-refractivity contribution >= 4 is 28.7 Å². The summed E-state index contributed by atoms with van der Waals surface area (Å²) in [6.45, 7) is 9.97. The van der Waals surface area contributed by atoms with Gasteiger partial charge in [0.1, 0.15) is 11.4 Å². The third kappa shape index (κ3) is 5.86. The smallest absolute Gasteiger partial charge is 0.410 e. The van der Waals surface area contributed by atoms with Gasteiger partial charge < -0.3 is 14.4 Å². The van der Waals surface area contributed by atoms with Crippen LogP contribution in [0.15, 0.2) is 18.2 Å². The maximum atomic E-state index is 12.0. The fraction of sp³-hybridized carbons (Fsp3) is 0.611. The van der Waals surface area contributed by atoms with Crippen LogP contribution in [0.25, 0.3) is 0 Å². The second-order valence-corrected chi connectivity index (χ2v) is 8.38. The van der Waals surface area contributed by atoms with Crippen LogP contribution in [0.1, 0.15) is 39.2 Å². The van der Waals surface area contributed by atoms with Crippen LogP contribution in [0.5, 0.6) is 5.75 Å². The summed E-state index contributed by atoms with van der Waals surface area (Å²) < 4.78 is 12.6. The minimum absolute atomic E-state index is 0.203. The highest BCUT2D eigenvalue weighted by Gasteiger charge is 2.27. The molecule has 0 atom stereocenters. The number of likely N-dealkylation sites (tertiary alicyclic amines) is 1. The van der Waals surface area contributed by atoms with E-state index in [0.29, 0.717) is 12.5 Å². The van der Waals surface area contributed by atoms with E-state index in [1.54, 1.807) is 4.90 Å². The number of aryl methyl sites for hydroxylation is 1. The second-order valence-electron chi connectivity index (χ2n) is 7.13. The zero-order chi connectivity index (χ0) is 17.0. The van der Waals surface area contributed by atoms with Crippen molar-refractivity contribution in [2.75, 3.05) is 19.7 Å². The van der Waals surface area contributed by atoms with Gasteiger partial charge in [-0.3, -0.25) is 0 Å². The Balaban J connectivity index is 1.77. The van der Waals surface area contributed by atoms with Gasteiger partial charge in [-0.05, 0) is 92.8 Å². The molecule has 0 N–H and O–H groups in total. The van der Waals surface area contributed by atoms with E-state index in [1.165, 1.54) is 9.13 Å². The molecule has 128 valence electrons. The first-order valence-corrected chi connectivity index (χ1v) is 9.19. The van der Waals surface area contributed by atoms with Crippen LogP contribution in [-0.4, -0.2) is 36.3 Å². The van der Waals surface area contributed by atoms with Gasteiger partial charge in [0.15, 0.2) is 0 Å². The van der Waals surface area contributed by atoms with Gasteiger partial charge in [0, 0.05) is 16.7 Å². The second kappa shape index (κ2) is 7.73. The summed E-state index contributed by atoms with van der Waals surface area (Å²) in [5.41, 5.74) is 0.738. The first kappa shape index (κ1) is 18.4. The Labute approximate surface area is 152 Å². The summed E-state index contributed by atoms with van der Waals surface area (Å²) in [6, 6.07) is 6.22. The van der Waals surface area contributed by atoms with E-state index >= 15 is 0 Å². The predicted molar refractivity (Wildman–Crippen MR) is 99.9 cm³/mol. The standard InChI is InChI=1S/C18H26INO3/c1-13-11-15(19)5-6-16(13)22-12-14-7-9-20(10-8-14)17(21)23-18(2,3)4/h5-6,11,14H,7-10,12H2,1-4H3. The van der Waals surface area contributed by atoms with E-state index in [4.69, 9.17) is 9.47 Å². The number of ether oxygens (including phenoxy) is 2. The molecule has 2 rings (SSSR count). The number of carbonyl (C=O) groups excluding carboxylic acids is 1. The van der Waals surface area contributed by atoms with Crippen molar-refractivity contribution in [2.45, 2.75) is 46.1 Å². The van der Waals surface area contributed by atoms with Crippen molar-refractivity contribution in [1.82, 2.24) is 4.90 Å². The van der Waals surface area contributed by atoms with Gasteiger partial charge in [-0.1, -0.05) is 0 Å². The lowest BCUT2D eigenvalue weighted by atomic mass is 9.98. The van der Waals surface area contributed by atoms with Crippen LogP contribution < -0.4 is 4.74 Å². The molecule has 1 aliphatic rings. The molecule has 0 radical (unpaired) electrons. The predicted octanol–water partition coefficient (Wildman–Crippen LogP) is 4.63. The topological polar surface area (TPSA) is 38.8 Å². The van der Waals surface area contributed by atoms with Crippen LogP contribution in [-0.2, 0) is 4.74 Å². The average Bonchev–Trinajstić information content (AvgIpc) is 2.45. The lowest BCUT2D eigenvalue weighted by Gasteiger charge is -2.33. The third-order valence-electron chi connectivity index (χ3n) is 3.88. The van der Waals surface area contributed by atoms with Gasteiger partial charge in [-0.25, -0.2) is 4.79 Å². The van der Waals surface area contributed by atoms with E-state index in [-0.39, 0.29) is 6.09 Å². The summed E-state index contributed by atoms with van der Waals surface area (Å²) in [7, 11) is 0. The molecule has 1 fully saturated rings. The molecule has 1 saturated heterocycles. The molecular weight excluding hydrogens is 405 g/mol. The Morgan fingerprint density at radius 2 is 1.96 bits per heavy atom. The van der Waals surface area contributed by atoms with Crippen molar-refractivity contribution in [3.8, 4) is 5.75 Å². The first-order chi connectivity index (χ1) is 10.7. The molecule has 1 aliphatic heterocycles. The summed E-state index contributed by atoms with van der Waals surface area (Å²) in [4.78, 5) is 13.9. The molecule has 5 heteroatoms. The van der Waals surface area contributed by atoms with Crippen LogP contribution in [0.2, 0.25) is 0 Å². The van der Waals surface area contributed by atoms with Crippen molar-refractivity contribution < 1.29 is 14.3 Å². The highest BCUT2D eigenvalue weighted by Crippen LogP contribution is 2.24. The van der Waals surface area contributed by atoms with Crippen molar-refractivity contribution in [2.24, 2.45) is 5.92 Å². The first-order valence-electron chi connectivity index (χ1n) is 8.11. The van der Waals surface area contributed by atoms with Crippen LogP contribution in [0, 0.1) is 16.4 Å². The number of hydrogen-bond donors (Lipinski definition) is 0. The highest BCUT2D eigenvalue weighted by molar-refractivity contribution is 14.1. The Morgan fingerprint density at radius 1 is 1.30 bits per heavy atom. The summed E-state index contributed by atoms with van der Waals surface area (Å²) in [6.07, 6.45) is 1.72. The molecule has 0 aliphatic carbocycles. The molecule has 0 bridgehead atoms. The zero-order valence-corrected chi connectivity index (χ0v) is 16.6. The molecule has 1 amide bonds. The number of amides is 1. The van der Waals surface area contributed by atoms with E-state index < -0.39 is 5.60 Å². The van der Waals surface area contributed by atoms with Crippen molar-refractivity contribution in [1.29, 1.82) is 0 Å². The molecule has 0 spiro atoms. The minimum Gasteiger partial charge on any atom is -0.493 e. The lowest BCUT2D eigenvalue weighted by Crippen LogP contribution is -2.42. The number of halogens is 1. The van der Waals surface area contributed by atoms with Crippen molar-refractivity contribution in [3.05, 3.63) is 27.3 Å². The Hall–Kier alpha value is -0.980. The lowest BCUT2D eigenvalue weighted by molar-refractivity contribution is 0.0165. The number of nitrogens with zero attached hydrogens (tertiary/aromatic N) is 1. The monoisotopic (exact) mass is 431 g/mol. The highest BCUT2D eigenvalue weighted by atomic mass is 127. The van der Waals surface area contributed by atoms with Gasteiger partial charge in [0.2, 0.25) is 0 Å². The SMILES string of the molecule is Cc1cc(I)ccc1OCC1CCN(C(=O)OC(C)(C)C)CC1. The van der Waals surface area contributed by atoms with E-state index in [2.05, 4.69) is 41.6 Å². The third-order valence-corrected chi connectivity index (χ3v) is 4.55. The van der Waals surface area contributed by atoms with Gasteiger partial charge in [0.25, 0.3) is 0 Å². The molecule has 1 aromatic rings. The Bertz CT molecular complexity index is 546. The Morgan fingerprint density at radius 3 is 2.52 bits per heavy atom. The molecule has 0 aromatic heterocycles. The molecule has 23 heavy (non-hydrogen) atoms. The average molecular weight is 431 g/mol. The number of piperidine rings is 1. The fourth-order valence-electron chi connectivity index (χ4n) is 2.59.